The summed E-state index contributed by atoms with van der Waals surface area (Å²) in [6.07, 6.45) is 1.44. The molecular formula is C21H29NO. The lowest BCUT2D eigenvalue weighted by Crippen LogP contribution is -2.37. The van der Waals surface area contributed by atoms with Crippen molar-refractivity contribution in [2.24, 2.45) is 0 Å². The van der Waals surface area contributed by atoms with Crippen LogP contribution in [-0.2, 0) is 5.60 Å². The molecule has 0 fully saturated rings. The first kappa shape index (κ1) is 17.7. The SMILES string of the molecule is CC(CC(O)(CC(C)N(C)C)c1ccccc1)c1ccccc1. The van der Waals surface area contributed by atoms with Crippen LogP contribution in [0.4, 0.5) is 0 Å². The average molecular weight is 311 g/mol. The van der Waals surface area contributed by atoms with Crippen LogP contribution in [0.5, 0.6) is 0 Å². The molecule has 2 aromatic rings. The fourth-order valence-corrected chi connectivity index (χ4v) is 3.14. The van der Waals surface area contributed by atoms with Gasteiger partial charge in [-0.2, -0.15) is 0 Å². The van der Waals surface area contributed by atoms with Gasteiger partial charge in [-0.05, 0) is 50.9 Å². The maximum Gasteiger partial charge on any atom is 0.0917 e. The molecule has 0 amide bonds. The quantitative estimate of drug-likeness (QED) is 0.819. The van der Waals surface area contributed by atoms with Crippen molar-refractivity contribution in [1.82, 2.24) is 4.90 Å². The topological polar surface area (TPSA) is 23.5 Å². The van der Waals surface area contributed by atoms with Crippen LogP contribution in [0.25, 0.3) is 0 Å². The number of hydrogen-bond acceptors (Lipinski definition) is 2. The summed E-state index contributed by atoms with van der Waals surface area (Å²) in [5, 5.41) is 11.5. The molecule has 0 spiro atoms. The van der Waals surface area contributed by atoms with Crippen molar-refractivity contribution in [3.05, 3.63) is 71.8 Å². The minimum absolute atomic E-state index is 0.302. The lowest BCUT2D eigenvalue weighted by atomic mass is 9.78. The van der Waals surface area contributed by atoms with Gasteiger partial charge in [0.25, 0.3) is 0 Å². The van der Waals surface area contributed by atoms with Crippen LogP contribution in [0.1, 0.15) is 43.7 Å². The summed E-state index contributed by atoms with van der Waals surface area (Å²) < 4.78 is 0. The van der Waals surface area contributed by atoms with Gasteiger partial charge in [0.05, 0.1) is 5.60 Å². The van der Waals surface area contributed by atoms with Gasteiger partial charge in [0.1, 0.15) is 0 Å². The maximum absolute atomic E-state index is 11.5. The zero-order valence-corrected chi connectivity index (χ0v) is 14.7. The molecule has 124 valence electrons. The predicted octanol–water partition coefficient (Wildman–Crippen LogP) is 4.41. The zero-order chi connectivity index (χ0) is 16.9. The van der Waals surface area contributed by atoms with Crippen LogP contribution < -0.4 is 0 Å². The van der Waals surface area contributed by atoms with Crippen LogP contribution in [0.3, 0.4) is 0 Å². The van der Waals surface area contributed by atoms with Crippen molar-refractivity contribution in [3.63, 3.8) is 0 Å². The molecule has 0 radical (unpaired) electrons. The van der Waals surface area contributed by atoms with Gasteiger partial charge in [0.15, 0.2) is 0 Å². The highest BCUT2D eigenvalue weighted by atomic mass is 16.3. The summed E-state index contributed by atoms with van der Waals surface area (Å²) in [4.78, 5) is 2.17. The normalized spacial score (nSPS) is 16.8. The molecule has 2 aromatic carbocycles. The molecule has 3 atom stereocenters. The predicted molar refractivity (Wildman–Crippen MR) is 97.6 cm³/mol. The highest BCUT2D eigenvalue weighted by Crippen LogP contribution is 2.37. The number of rotatable bonds is 7. The molecule has 0 aliphatic heterocycles. The Morgan fingerprint density at radius 3 is 1.91 bits per heavy atom. The van der Waals surface area contributed by atoms with Gasteiger partial charge in [-0.25, -0.2) is 0 Å². The highest BCUT2D eigenvalue weighted by Gasteiger charge is 2.33. The Labute approximate surface area is 140 Å². The molecule has 0 bridgehead atoms. The summed E-state index contributed by atoms with van der Waals surface area (Å²) in [5.41, 5.74) is 1.47. The van der Waals surface area contributed by atoms with Gasteiger partial charge in [-0.1, -0.05) is 67.6 Å². The fourth-order valence-electron chi connectivity index (χ4n) is 3.14. The van der Waals surface area contributed by atoms with Crippen LogP contribution in [0, 0.1) is 0 Å². The maximum atomic E-state index is 11.5. The molecule has 0 heterocycles. The van der Waals surface area contributed by atoms with Crippen LogP contribution in [0.15, 0.2) is 60.7 Å². The van der Waals surface area contributed by atoms with E-state index >= 15 is 0 Å². The summed E-state index contributed by atoms with van der Waals surface area (Å²) in [5.74, 6) is 0.302. The van der Waals surface area contributed by atoms with Gasteiger partial charge in [-0.3, -0.25) is 0 Å². The summed E-state index contributed by atoms with van der Waals surface area (Å²) >= 11 is 0. The largest absolute Gasteiger partial charge is 0.385 e. The second kappa shape index (κ2) is 7.76. The standard InChI is InChI=1S/C21H29NO/c1-17(19-11-7-5-8-12-19)15-21(23,16-18(2)22(3)4)20-13-9-6-10-14-20/h5-14,17-18,23H,15-16H2,1-4H3. The van der Waals surface area contributed by atoms with Crippen LogP contribution in [0.2, 0.25) is 0 Å². The molecule has 2 heteroatoms. The van der Waals surface area contributed by atoms with Crippen molar-refractivity contribution < 1.29 is 5.11 Å². The third-order valence-corrected chi connectivity index (χ3v) is 4.84. The molecular weight excluding hydrogens is 282 g/mol. The number of benzene rings is 2. The second-order valence-electron chi connectivity index (χ2n) is 6.93. The van der Waals surface area contributed by atoms with E-state index in [-0.39, 0.29) is 0 Å². The third-order valence-electron chi connectivity index (χ3n) is 4.84. The van der Waals surface area contributed by atoms with Gasteiger partial charge in [-0.15, -0.1) is 0 Å². The van der Waals surface area contributed by atoms with Crippen molar-refractivity contribution in [1.29, 1.82) is 0 Å². The van der Waals surface area contributed by atoms with E-state index in [0.29, 0.717) is 12.0 Å². The van der Waals surface area contributed by atoms with E-state index in [1.807, 2.05) is 36.4 Å². The Bertz CT molecular complexity index is 581. The Hall–Kier alpha value is -1.64. The smallest absolute Gasteiger partial charge is 0.0917 e. The number of hydrogen-bond donors (Lipinski definition) is 1. The molecule has 3 unspecified atom stereocenters. The highest BCUT2D eigenvalue weighted by molar-refractivity contribution is 5.25. The van der Waals surface area contributed by atoms with E-state index < -0.39 is 5.60 Å². The van der Waals surface area contributed by atoms with Crippen molar-refractivity contribution in [2.75, 3.05) is 14.1 Å². The fraction of sp³-hybridized carbons (Fsp3) is 0.429. The summed E-state index contributed by atoms with van der Waals surface area (Å²) in [7, 11) is 4.13. The van der Waals surface area contributed by atoms with Crippen LogP contribution >= 0.6 is 0 Å². The number of aliphatic hydroxyl groups is 1. The first-order valence-corrected chi connectivity index (χ1v) is 8.41. The van der Waals surface area contributed by atoms with E-state index in [9.17, 15) is 5.11 Å². The third kappa shape index (κ3) is 4.66. The van der Waals surface area contributed by atoms with Gasteiger partial charge in [0, 0.05) is 6.04 Å². The molecule has 0 saturated carbocycles. The zero-order valence-electron chi connectivity index (χ0n) is 14.7. The minimum atomic E-state index is -0.819. The van der Waals surface area contributed by atoms with Gasteiger partial charge in [0.2, 0.25) is 0 Å². The van der Waals surface area contributed by atoms with E-state index in [0.717, 1.165) is 18.4 Å². The van der Waals surface area contributed by atoms with Crippen molar-refractivity contribution >= 4 is 0 Å². The Balaban J connectivity index is 2.26. The van der Waals surface area contributed by atoms with Crippen LogP contribution in [-0.4, -0.2) is 30.1 Å². The number of nitrogens with zero attached hydrogens (tertiary/aromatic N) is 1. The molecule has 1 N–H and O–H groups in total. The Morgan fingerprint density at radius 1 is 0.870 bits per heavy atom. The monoisotopic (exact) mass is 311 g/mol. The molecule has 0 saturated heterocycles. The van der Waals surface area contributed by atoms with Crippen molar-refractivity contribution in [3.8, 4) is 0 Å². The lowest BCUT2D eigenvalue weighted by Gasteiger charge is -2.36. The summed E-state index contributed by atoms with van der Waals surface area (Å²) in [6, 6.07) is 20.9. The first-order chi connectivity index (χ1) is 10.9. The molecule has 23 heavy (non-hydrogen) atoms. The minimum Gasteiger partial charge on any atom is -0.385 e. The van der Waals surface area contributed by atoms with E-state index in [2.05, 4.69) is 57.1 Å². The van der Waals surface area contributed by atoms with Gasteiger partial charge >= 0.3 is 0 Å². The molecule has 0 aliphatic rings. The summed E-state index contributed by atoms with van der Waals surface area (Å²) in [6.45, 7) is 4.37. The Kier molecular flexibility index (Phi) is 5.97. The van der Waals surface area contributed by atoms with E-state index in [1.165, 1.54) is 5.56 Å². The average Bonchev–Trinajstić information content (AvgIpc) is 2.56. The van der Waals surface area contributed by atoms with Gasteiger partial charge < -0.3 is 10.0 Å². The van der Waals surface area contributed by atoms with E-state index in [1.54, 1.807) is 0 Å². The molecule has 0 aromatic heterocycles. The Morgan fingerprint density at radius 2 is 1.39 bits per heavy atom. The molecule has 2 rings (SSSR count). The second-order valence-corrected chi connectivity index (χ2v) is 6.93. The van der Waals surface area contributed by atoms with Crippen molar-refractivity contribution in [2.45, 2.75) is 44.2 Å². The molecule has 2 nitrogen and oxygen atoms in total. The molecule has 0 aliphatic carbocycles. The lowest BCUT2D eigenvalue weighted by molar-refractivity contribution is -0.00583. The van der Waals surface area contributed by atoms with E-state index in [4.69, 9.17) is 0 Å². The first-order valence-electron chi connectivity index (χ1n) is 8.41.